The summed E-state index contributed by atoms with van der Waals surface area (Å²) < 4.78 is 5.35. The van der Waals surface area contributed by atoms with Crippen LogP contribution in [-0.2, 0) is 0 Å². The summed E-state index contributed by atoms with van der Waals surface area (Å²) in [6.07, 6.45) is 5.33. The van der Waals surface area contributed by atoms with Crippen molar-refractivity contribution >= 4 is 0 Å². The predicted molar refractivity (Wildman–Crippen MR) is 89.8 cm³/mol. The van der Waals surface area contributed by atoms with E-state index in [1.54, 1.807) is 29.2 Å². The van der Waals surface area contributed by atoms with Crippen molar-refractivity contribution < 1.29 is 4.52 Å². The van der Waals surface area contributed by atoms with Gasteiger partial charge >= 0.3 is 0 Å². The topological polar surface area (TPSA) is 116 Å². The maximum Gasteiger partial charge on any atom is 0.276 e. The summed E-state index contributed by atoms with van der Waals surface area (Å²) in [5.41, 5.74) is 2.52. The first kappa shape index (κ1) is 15.7. The lowest BCUT2D eigenvalue weighted by molar-refractivity contribution is 0.339. The Labute approximate surface area is 149 Å². The van der Waals surface area contributed by atoms with Gasteiger partial charge < -0.3 is 4.52 Å². The molecule has 0 bridgehead atoms. The molecule has 3 heterocycles. The minimum atomic E-state index is -0.147. The van der Waals surface area contributed by atoms with Crippen LogP contribution in [0.3, 0.4) is 0 Å². The number of hydrogen-bond donors (Lipinski definition) is 0. The highest BCUT2D eigenvalue weighted by Crippen LogP contribution is 2.30. The van der Waals surface area contributed by atoms with E-state index >= 15 is 0 Å². The Kier molecular flexibility index (Phi) is 4.00. The van der Waals surface area contributed by atoms with E-state index in [2.05, 4.69) is 32.4 Å². The Morgan fingerprint density at radius 3 is 2.88 bits per heavy atom. The van der Waals surface area contributed by atoms with Gasteiger partial charge in [-0.3, -0.25) is 4.90 Å². The third-order valence-corrected chi connectivity index (χ3v) is 4.29. The third kappa shape index (κ3) is 2.85. The second kappa shape index (κ2) is 6.61. The second-order valence-electron chi connectivity index (χ2n) is 5.89. The molecule has 1 aliphatic rings. The summed E-state index contributed by atoms with van der Waals surface area (Å²) in [5.74, 6) is 0.774. The fourth-order valence-electron chi connectivity index (χ4n) is 3.01. The van der Waals surface area contributed by atoms with Gasteiger partial charge in [0.2, 0.25) is 0 Å². The van der Waals surface area contributed by atoms with Crippen molar-refractivity contribution in [1.82, 2.24) is 25.0 Å². The second-order valence-corrected chi connectivity index (χ2v) is 5.89. The summed E-state index contributed by atoms with van der Waals surface area (Å²) in [6, 6.07) is 10.9. The fourth-order valence-corrected chi connectivity index (χ4v) is 3.01. The molecular formula is C18H13N7O. The van der Waals surface area contributed by atoms with Crippen molar-refractivity contribution in [2.45, 2.75) is 18.9 Å². The van der Waals surface area contributed by atoms with Crippen LogP contribution in [0.15, 0.2) is 41.2 Å². The molecule has 8 nitrogen and oxygen atoms in total. The molecule has 0 N–H and O–H groups in total. The maximum atomic E-state index is 9.17. The predicted octanol–water partition coefficient (Wildman–Crippen LogP) is 2.68. The summed E-state index contributed by atoms with van der Waals surface area (Å²) in [6.45, 7) is 0.706. The third-order valence-electron chi connectivity index (χ3n) is 4.29. The molecule has 3 aromatic rings. The van der Waals surface area contributed by atoms with Crippen molar-refractivity contribution in [2.75, 3.05) is 6.54 Å². The maximum absolute atomic E-state index is 9.17. The number of aromatic nitrogens is 4. The number of nitriles is 2. The highest BCUT2D eigenvalue weighted by atomic mass is 16.5. The van der Waals surface area contributed by atoms with Gasteiger partial charge in [-0.15, -0.1) is 0 Å². The molecule has 0 saturated carbocycles. The Hall–Kier alpha value is -3.78. The van der Waals surface area contributed by atoms with Crippen molar-refractivity contribution in [3.8, 4) is 35.1 Å². The molecule has 1 atom stereocenters. The Bertz CT molecular complexity index is 1030. The molecule has 1 saturated heterocycles. The van der Waals surface area contributed by atoms with Gasteiger partial charge in [0, 0.05) is 12.1 Å². The average Bonchev–Trinajstić information content (AvgIpc) is 3.37. The smallest absolute Gasteiger partial charge is 0.276 e. The van der Waals surface area contributed by atoms with E-state index in [0.29, 0.717) is 29.3 Å². The first-order valence-corrected chi connectivity index (χ1v) is 8.11. The van der Waals surface area contributed by atoms with Crippen LogP contribution in [0.1, 0.15) is 30.3 Å². The van der Waals surface area contributed by atoms with Gasteiger partial charge in [0.15, 0.2) is 12.0 Å². The van der Waals surface area contributed by atoms with Gasteiger partial charge in [-0.1, -0.05) is 17.3 Å². The summed E-state index contributed by atoms with van der Waals surface area (Å²) in [5, 5.41) is 22.2. The van der Waals surface area contributed by atoms with E-state index in [1.807, 2.05) is 6.07 Å². The summed E-state index contributed by atoms with van der Waals surface area (Å²) in [7, 11) is 0. The molecule has 0 spiro atoms. The summed E-state index contributed by atoms with van der Waals surface area (Å²) in [4.78, 5) is 14.5. The Morgan fingerprint density at radius 2 is 2.04 bits per heavy atom. The highest BCUT2D eigenvalue weighted by Gasteiger charge is 2.29. The molecular weight excluding hydrogens is 330 g/mol. The van der Waals surface area contributed by atoms with Crippen LogP contribution < -0.4 is 0 Å². The molecule has 2 aromatic heterocycles. The van der Waals surface area contributed by atoms with Crippen LogP contribution in [0.2, 0.25) is 0 Å². The van der Waals surface area contributed by atoms with Crippen LogP contribution in [0.5, 0.6) is 0 Å². The van der Waals surface area contributed by atoms with E-state index in [9.17, 15) is 5.26 Å². The van der Waals surface area contributed by atoms with Crippen LogP contribution >= 0.6 is 0 Å². The highest BCUT2D eigenvalue weighted by molar-refractivity contribution is 5.65. The number of benzene rings is 1. The minimum Gasteiger partial charge on any atom is -0.332 e. The zero-order chi connectivity index (χ0) is 17.9. The fraction of sp³-hybridized carbons (Fsp3) is 0.222. The number of hydrogen-bond acceptors (Lipinski definition) is 8. The van der Waals surface area contributed by atoms with Gasteiger partial charge in [0.1, 0.15) is 18.1 Å². The standard InChI is InChI=1S/C18H13N7O/c19-9-12-3-1-4-13(7-12)14-8-15(22-11-21-14)18-23-17(24-26-18)16-5-2-6-25(16)10-20/h1,3-4,7-8,11,16H,2,5-6H2. The van der Waals surface area contributed by atoms with Crippen molar-refractivity contribution in [3.63, 3.8) is 0 Å². The molecule has 1 unspecified atom stereocenters. The van der Waals surface area contributed by atoms with Gasteiger partial charge in [0.25, 0.3) is 5.89 Å². The lowest BCUT2D eigenvalue weighted by Gasteiger charge is -2.13. The van der Waals surface area contributed by atoms with E-state index < -0.39 is 0 Å². The van der Waals surface area contributed by atoms with E-state index in [4.69, 9.17) is 9.78 Å². The van der Waals surface area contributed by atoms with Crippen molar-refractivity contribution in [2.24, 2.45) is 0 Å². The Morgan fingerprint density at radius 1 is 1.15 bits per heavy atom. The van der Waals surface area contributed by atoms with Gasteiger partial charge in [-0.25, -0.2) is 9.97 Å². The van der Waals surface area contributed by atoms with Crippen LogP contribution in [0, 0.1) is 22.8 Å². The molecule has 1 fully saturated rings. The van der Waals surface area contributed by atoms with Gasteiger partial charge in [-0.05, 0) is 31.0 Å². The van der Waals surface area contributed by atoms with Gasteiger partial charge in [0.05, 0.1) is 17.3 Å². The lowest BCUT2D eigenvalue weighted by atomic mass is 10.1. The average molecular weight is 343 g/mol. The Balaban J connectivity index is 1.65. The largest absolute Gasteiger partial charge is 0.332 e. The molecule has 1 aliphatic heterocycles. The van der Waals surface area contributed by atoms with E-state index in [1.165, 1.54) is 6.33 Å². The number of likely N-dealkylation sites (tertiary alicyclic amines) is 1. The first-order valence-electron chi connectivity index (χ1n) is 8.11. The molecule has 26 heavy (non-hydrogen) atoms. The van der Waals surface area contributed by atoms with Crippen LogP contribution in [0.25, 0.3) is 22.8 Å². The molecule has 1 aromatic carbocycles. The van der Waals surface area contributed by atoms with Crippen LogP contribution in [-0.4, -0.2) is 31.6 Å². The van der Waals surface area contributed by atoms with Crippen molar-refractivity contribution in [1.29, 1.82) is 10.5 Å². The zero-order valence-corrected chi connectivity index (χ0v) is 13.7. The quantitative estimate of drug-likeness (QED) is 0.666. The monoisotopic (exact) mass is 343 g/mol. The number of rotatable bonds is 3. The summed E-state index contributed by atoms with van der Waals surface area (Å²) >= 11 is 0. The molecule has 0 radical (unpaired) electrons. The van der Waals surface area contributed by atoms with E-state index in [0.717, 1.165) is 18.4 Å². The van der Waals surface area contributed by atoms with Gasteiger partial charge in [-0.2, -0.15) is 15.5 Å². The lowest BCUT2D eigenvalue weighted by Crippen LogP contribution is -2.17. The minimum absolute atomic E-state index is 0.147. The molecule has 126 valence electrons. The molecule has 4 rings (SSSR count). The molecule has 0 amide bonds. The zero-order valence-electron chi connectivity index (χ0n) is 13.7. The van der Waals surface area contributed by atoms with Crippen molar-refractivity contribution in [3.05, 3.63) is 48.0 Å². The van der Waals surface area contributed by atoms with E-state index in [-0.39, 0.29) is 11.9 Å². The molecule has 8 heteroatoms. The SMILES string of the molecule is N#Cc1cccc(-c2cc(-c3nc(C4CCCN4C#N)no3)ncn2)c1. The number of nitrogens with zero attached hydrogens (tertiary/aromatic N) is 7. The first-order chi connectivity index (χ1) is 12.8. The molecule has 0 aliphatic carbocycles. The van der Waals surface area contributed by atoms with Crippen LogP contribution in [0.4, 0.5) is 0 Å². The normalized spacial score (nSPS) is 16.2.